The molecule has 202 valence electrons. The molecule has 4 nitrogen and oxygen atoms in total. The summed E-state index contributed by atoms with van der Waals surface area (Å²) in [5.41, 5.74) is 3.78. The van der Waals surface area contributed by atoms with E-state index in [0.717, 1.165) is 61.8 Å². The Kier molecular flexibility index (Phi) is 6.27. The van der Waals surface area contributed by atoms with Crippen molar-refractivity contribution in [2.45, 2.75) is 69.2 Å². The molecule has 0 radical (unpaired) electrons. The van der Waals surface area contributed by atoms with E-state index in [1.807, 2.05) is 30.3 Å². The number of hydrogen-bond acceptors (Lipinski definition) is 4. The third-order valence-electron chi connectivity index (χ3n) is 10.4. The zero-order chi connectivity index (χ0) is 26.5. The summed E-state index contributed by atoms with van der Waals surface area (Å²) < 4.78 is 12.7. The smallest absolute Gasteiger partial charge is 0.173 e. The van der Waals surface area contributed by atoms with Crippen molar-refractivity contribution in [3.8, 4) is 17.2 Å². The summed E-state index contributed by atoms with van der Waals surface area (Å²) in [4.78, 5) is 16.3. The van der Waals surface area contributed by atoms with E-state index < -0.39 is 0 Å². The van der Waals surface area contributed by atoms with Crippen molar-refractivity contribution in [3.05, 3.63) is 89.5 Å². The molecule has 3 atom stereocenters. The zero-order valence-corrected chi connectivity index (χ0v) is 23.0. The number of rotatable bonds is 8. The number of carbonyl (C=O) groups is 1. The van der Waals surface area contributed by atoms with Crippen LogP contribution in [0.15, 0.2) is 72.8 Å². The molecule has 1 aliphatic heterocycles. The fourth-order valence-corrected chi connectivity index (χ4v) is 8.42. The second-order valence-electron chi connectivity index (χ2n) is 12.4. The molecule has 3 aliphatic carbocycles. The molecule has 0 aromatic heterocycles. The van der Waals surface area contributed by atoms with E-state index in [9.17, 15) is 4.79 Å². The van der Waals surface area contributed by atoms with E-state index in [0.29, 0.717) is 24.7 Å². The predicted molar refractivity (Wildman–Crippen MR) is 154 cm³/mol. The highest BCUT2D eigenvalue weighted by molar-refractivity contribution is 5.83. The van der Waals surface area contributed by atoms with E-state index in [4.69, 9.17) is 9.47 Å². The molecule has 3 aromatic carbocycles. The van der Waals surface area contributed by atoms with Gasteiger partial charge >= 0.3 is 0 Å². The molecule has 1 heterocycles. The van der Waals surface area contributed by atoms with Crippen LogP contribution in [0.2, 0.25) is 0 Å². The highest BCUT2D eigenvalue weighted by Gasteiger charge is 2.65. The molecule has 7 rings (SSSR count). The van der Waals surface area contributed by atoms with Gasteiger partial charge in [0, 0.05) is 36.4 Å². The molecule has 0 N–H and O–H groups in total. The Morgan fingerprint density at radius 2 is 1.72 bits per heavy atom. The SMILES string of the molecule is COc1ccc2c(c1Oc1ccccc1)[C@]13CCN(CC4CC4)C(C2)[C@]1(CCc1ccccc1)CCC(=O)C3. The maximum atomic E-state index is 13.4. The standard InChI is InChI=1S/C35H39NO3/c1-38-30-15-14-27-22-31-34(18-16-25-8-4-2-5-9-25)19-17-28(37)23-35(34,20-21-36(31)24-26-12-13-26)32(27)33(30)39-29-10-6-3-7-11-29/h2-11,14-15,26,31H,12-13,16-24H2,1H3/t31?,34-,35+/m0/s1. The number of ether oxygens (including phenoxy) is 2. The van der Waals surface area contributed by atoms with Gasteiger partial charge in [-0.2, -0.15) is 0 Å². The fourth-order valence-electron chi connectivity index (χ4n) is 8.42. The number of carbonyl (C=O) groups excluding carboxylic acids is 1. The number of piperidine rings is 1. The average Bonchev–Trinajstić information content (AvgIpc) is 3.79. The van der Waals surface area contributed by atoms with Gasteiger partial charge in [-0.1, -0.05) is 54.6 Å². The van der Waals surface area contributed by atoms with Crippen molar-refractivity contribution >= 4 is 5.78 Å². The summed E-state index contributed by atoms with van der Waals surface area (Å²) in [6.07, 6.45) is 9.16. The van der Waals surface area contributed by atoms with Gasteiger partial charge in [0.05, 0.1) is 7.11 Å². The number of para-hydroxylation sites is 1. The molecule has 4 aliphatic rings. The Hall–Kier alpha value is -3.11. The normalized spacial score (nSPS) is 27.9. The third kappa shape index (κ3) is 4.19. The fraction of sp³-hybridized carbons (Fsp3) is 0.457. The summed E-state index contributed by atoms with van der Waals surface area (Å²) in [5, 5.41) is 0. The average molecular weight is 522 g/mol. The van der Waals surface area contributed by atoms with Gasteiger partial charge in [-0.3, -0.25) is 9.69 Å². The second-order valence-corrected chi connectivity index (χ2v) is 12.4. The van der Waals surface area contributed by atoms with Crippen LogP contribution in [0.5, 0.6) is 17.2 Å². The van der Waals surface area contributed by atoms with E-state index >= 15 is 0 Å². The van der Waals surface area contributed by atoms with Crippen LogP contribution in [0.25, 0.3) is 0 Å². The van der Waals surface area contributed by atoms with Crippen LogP contribution < -0.4 is 9.47 Å². The van der Waals surface area contributed by atoms with E-state index in [-0.39, 0.29) is 10.8 Å². The van der Waals surface area contributed by atoms with Crippen molar-refractivity contribution in [1.29, 1.82) is 0 Å². The number of methoxy groups -OCH3 is 1. The maximum absolute atomic E-state index is 13.4. The molecule has 4 heteroatoms. The van der Waals surface area contributed by atoms with Crippen molar-refractivity contribution in [1.82, 2.24) is 4.90 Å². The van der Waals surface area contributed by atoms with Gasteiger partial charge in [0.15, 0.2) is 11.5 Å². The first-order chi connectivity index (χ1) is 19.1. The first-order valence-corrected chi connectivity index (χ1v) is 14.8. The molecule has 1 saturated heterocycles. The van der Waals surface area contributed by atoms with Gasteiger partial charge in [-0.15, -0.1) is 0 Å². The van der Waals surface area contributed by atoms with Crippen LogP contribution in [0.3, 0.4) is 0 Å². The largest absolute Gasteiger partial charge is 0.493 e. The summed E-state index contributed by atoms with van der Waals surface area (Å²) in [7, 11) is 1.73. The number of benzene rings is 3. The van der Waals surface area contributed by atoms with Crippen molar-refractivity contribution < 1.29 is 14.3 Å². The Bertz CT molecular complexity index is 1350. The molecule has 3 fully saturated rings. The lowest BCUT2D eigenvalue weighted by atomic mass is 9.42. The van der Waals surface area contributed by atoms with E-state index in [2.05, 4.69) is 47.4 Å². The zero-order valence-electron chi connectivity index (χ0n) is 23.0. The monoisotopic (exact) mass is 521 g/mol. The molecule has 0 amide bonds. The Morgan fingerprint density at radius 3 is 2.46 bits per heavy atom. The minimum Gasteiger partial charge on any atom is -0.493 e. The van der Waals surface area contributed by atoms with Crippen molar-refractivity contribution in [2.75, 3.05) is 20.2 Å². The molecule has 39 heavy (non-hydrogen) atoms. The Balaban J connectivity index is 1.40. The van der Waals surface area contributed by atoms with Crippen LogP contribution in [-0.2, 0) is 23.1 Å². The number of Topliss-reactive ketones (excluding diaryl/α,β-unsaturated/α-hetero) is 1. The number of fused-ring (bicyclic) bond motifs is 1. The number of nitrogens with zero attached hydrogens (tertiary/aromatic N) is 1. The minimum absolute atomic E-state index is 0.0258. The number of hydrogen-bond donors (Lipinski definition) is 0. The third-order valence-corrected chi connectivity index (χ3v) is 10.4. The van der Waals surface area contributed by atoms with Crippen LogP contribution in [0.4, 0.5) is 0 Å². The summed E-state index contributed by atoms with van der Waals surface area (Å²) >= 11 is 0. The van der Waals surface area contributed by atoms with Gasteiger partial charge in [0.2, 0.25) is 0 Å². The lowest BCUT2D eigenvalue weighted by Crippen LogP contribution is -2.69. The van der Waals surface area contributed by atoms with Gasteiger partial charge < -0.3 is 9.47 Å². The van der Waals surface area contributed by atoms with E-state index in [1.165, 1.54) is 36.1 Å². The van der Waals surface area contributed by atoms with E-state index in [1.54, 1.807) is 7.11 Å². The molecular weight excluding hydrogens is 482 g/mol. The van der Waals surface area contributed by atoms with Crippen LogP contribution in [-0.4, -0.2) is 36.9 Å². The highest BCUT2D eigenvalue weighted by Crippen LogP contribution is 2.67. The van der Waals surface area contributed by atoms with Crippen molar-refractivity contribution in [2.24, 2.45) is 11.3 Å². The molecule has 0 spiro atoms. The lowest BCUT2D eigenvalue weighted by molar-refractivity contribution is -0.141. The minimum atomic E-state index is -0.242. The van der Waals surface area contributed by atoms with Crippen LogP contribution in [0.1, 0.15) is 61.6 Å². The summed E-state index contributed by atoms with van der Waals surface area (Å²) in [6.45, 7) is 2.27. The van der Waals surface area contributed by atoms with Crippen LogP contribution in [0, 0.1) is 11.3 Å². The van der Waals surface area contributed by atoms with Gasteiger partial charge in [0.25, 0.3) is 0 Å². The first kappa shape index (κ1) is 24.9. The number of likely N-dealkylation sites (tertiary alicyclic amines) is 1. The summed E-state index contributed by atoms with van der Waals surface area (Å²) in [6, 6.07) is 25.8. The van der Waals surface area contributed by atoms with Gasteiger partial charge in [-0.25, -0.2) is 0 Å². The molecule has 2 bridgehead atoms. The molecule has 2 saturated carbocycles. The second kappa shape index (κ2) is 9.82. The topological polar surface area (TPSA) is 38.8 Å². The van der Waals surface area contributed by atoms with Gasteiger partial charge in [-0.05, 0) is 92.1 Å². The van der Waals surface area contributed by atoms with Crippen LogP contribution >= 0.6 is 0 Å². The molecular formula is C35H39NO3. The summed E-state index contributed by atoms with van der Waals surface area (Å²) in [5.74, 6) is 3.66. The lowest BCUT2D eigenvalue weighted by Gasteiger charge is -2.66. The number of ketones is 1. The quantitative estimate of drug-likeness (QED) is 0.316. The predicted octanol–water partition coefficient (Wildman–Crippen LogP) is 7.14. The van der Waals surface area contributed by atoms with Gasteiger partial charge in [0.1, 0.15) is 11.5 Å². The highest BCUT2D eigenvalue weighted by atomic mass is 16.5. The maximum Gasteiger partial charge on any atom is 0.173 e. The van der Waals surface area contributed by atoms with Crippen molar-refractivity contribution in [3.63, 3.8) is 0 Å². The Labute approximate surface area is 232 Å². The Morgan fingerprint density at radius 1 is 0.949 bits per heavy atom. The first-order valence-electron chi connectivity index (χ1n) is 14.8. The molecule has 1 unspecified atom stereocenters. The number of aryl methyl sites for hydroxylation is 1. The molecule has 3 aromatic rings.